The van der Waals surface area contributed by atoms with E-state index in [1.807, 2.05) is 6.20 Å². The van der Waals surface area contributed by atoms with Crippen LogP contribution in [0.25, 0.3) is 0 Å². The van der Waals surface area contributed by atoms with E-state index in [9.17, 15) is 4.79 Å². The first-order valence-electron chi connectivity index (χ1n) is 9.90. The molecule has 0 aromatic carbocycles. The van der Waals surface area contributed by atoms with Crippen LogP contribution >= 0.6 is 0 Å². The molecule has 1 saturated carbocycles. The topological polar surface area (TPSA) is 59.4 Å². The molecule has 6 heteroatoms. The van der Waals surface area contributed by atoms with Crippen LogP contribution in [-0.2, 0) is 16.1 Å². The number of hydrogen-bond acceptors (Lipinski definition) is 4. The molecule has 3 aliphatic rings. The number of nitrogens with one attached hydrogen (secondary N) is 1. The molecule has 1 amide bonds. The zero-order chi connectivity index (χ0) is 17.1. The molecule has 1 saturated heterocycles. The standard InChI is InChI=1S/C19H30N4O2/c24-19(20-12-15-6-9-25-10-7-15)11-18-14-22(16-3-1-2-4-16)13-17-5-8-21-23(17)18/h5,8,15-16,18H,1-4,6-7,9-14H2,(H,20,24)/t18-/m0/s1. The summed E-state index contributed by atoms with van der Waals surface area (Å²) in [4.78, 5) is 15.1. The van der Waals surface area contributed by atoms with Crippen molar-refractivity contribution in [2.75, 3.05) is 26.3 Å². The Morgan fingerprint density at radius 1 is 1.24 bits per heavy atom. The highest BCUT2D eigenvalue weighted by molar-refractivity contribution is 5.76. The van der Waals surface area contributed by atoms with E-state index in [1.165, 1.54) is 31.4 Å². The van der Waals surface area contributed by atoms with E-state index in [4.69, 9.17) is 4.74 Å². The number of nitrogens with zero attached hydrogens (tertiary/aromatic N) is 3. The molecule has 2 aliphatic heterocycles. The van der Waals surface area contributed by atoms with Crippen LogP contribution in [0.5, 0.6) is 0 Å². The fraction of sp³-hybridized carbons (Fsp3) is 0.789. The minimum Gasteiger partial charge on any atom is -0.381 e. The van der Waals surface area contributed by atoms with Gasteiger partial charge in [-0.2, -0.15) is 5.10 Å². The largest absolute Gasteiger partial charge is 0.381 e. The maximum atomic E-state index is 12.5. The average molecular weight is 346 g/mol. The average Bonchev–Trinajstić information content (AvgIpc) is 3.32. The summed E-state index contributed by atoms with van der Waals surface area (Å²) in [5.74, 6) is 0.727. The zero-order valence-corrected chi connectivity index (χ0v) is 15.0. The van der Waals surface area contributed by atoms with Crippen LogP contribution in [0.1, 0.15) is 56.7 Å². The van der Waals surface area contributed by atoms with E-state index >= 15 is 0 Å². The van der Waals surface area contributed by atoms with Crippen molar-refractivity contribution in [1.29, 1.82) is 0 Å². The first-order valence-corrected chi connectivity index (χ1v) is 9.90. The Morgan fingerprint density at radius 2 is 2.04 bits per heavy atom. The molecule has 1 N–H and O–H groups in total. The van der Waals surface area contributed by atoms with E-state index in [2.05, 4.69) is 26.1 Å². The van der Waals surface area contributed by atoms with Crippen molar-refractivity contribution in [3.05, 3.63) is 18.0 Å². The van der Waals surface area contributed by atoms with Crippen LogP contribution < -0.4 is 5.32 Å². The molecule has 1 aromatic rings. The number of carbonyl (C=O) groups excluding carboxylic acids is 1. The van der Waals surface area contributed by atoms with Gasteiger partial charge >= 0.3 is 0 Å². The summed E-state index contributed by atoms with van der Waals surface area (Å²) in [6.45, 7) is 4.37. The van der Waals surface area contributed by atoms with Crippen LogP contribution in [0.4, 0.5) is 0 Å². The Bertz CT molecular complexity index is 576. The Labute approximate surface area is 149 Å². The quantitative estimate of drug-likeness (QED) is 0.887. The van der Waals surface area contributed by atoms with Crippen molar-refractivity contribution in [2.45, 2.75) is 63.6 Å². The number of fused-ring (bicyclic) bond motifs is 1. The van der Waals surface area contributed by atoms with E-state index in [0.29, 0.717) is 18.4 Å². The van der Waals surface area contributed by atoms with Crippen molar-refractivity contribution in [3.63, 3.8) is 0 Å². The molecule has 25 heavy (non-hydrogen) atoms. The summed E-state index contributed by atoms with van der Waals surface area (Å²) in [5, 5.41) is 7.65. The van der Waals surface area contributed by atoms with Crippen molar-refractivity contribution < 1.29 is 9.53 Å². The molecule has 4 rings (SSSR count). The van der Waals surface area contributed by atoms with Crippen LogP contribution in [0, 0.1) is 5.92 Å². The van der Waals surface area contributed by atoms with Gasteiger partial charge in [-0.25, -0.2) is 0 Å². The number of hydrogen-bond donors (Lipinski definition) is 1. The highest BCUT2D eigenvalue weighted by Crippen LogP contribution is 2.30. The Kier molecular flexibility index (Phi) is 5.36. The van der Waals surface area contributed by atoms with E-state index in [1.54, 1.807) is 0 Å². The monoisotopic (exact) mass is 346 g/mol. The summed E-state index contributed by atoms with van der Waals surface area (Å²) in [7, 11) is 0. The second-order valence-electron chi connectivity index (χ2n) is 7.85. The van der Waals surface area contributed by atoms with Gasteiger partial charge < -0.3 is 10.1 Å². The van der Waals surface area contributed by atoms with Gasteiger partial charge in [-0.1, -0.05) is 12.8 Å². The molecule has 1 aromatic heterocycles. The Hall–Kier alpha value is -1.40. The van der Waals surface area contributed by atoms with Gasteiger partial charge in [0.1, 0.15) is 0 Å². The summed E-state index contributed by atoms with van der Waals surface area (Å²) in [6, 6.07) is 2.96. The highest BCUT2D eigenvalue weighted by atomic mass is 16.5. The number of carbonyl (C=O) groups is 1. The van der Waals surface area contributed by atoms with Gasteiger partial charge in [0.25, 0.3) is 0 Å². The lowest BCUT2D eigenvalue weighted by molar-refractivity contribution is -0.122. The molecule has 3 heterocycles. The fourth-order valence-corrected chi connectivity index (χ4v) is 4.61. The molecule has 1 atom stereocenters. The van der Waals surface area contributed by atoms with Gasteiger partial charge in [0.05, 0.1) is 18.2 Å². The Morgan fingerprint density at radius 3 is 2.84 bits per heavy atom. The first kappa shape index (κ1) is 17.0. The SMILES string of the molecule is O=C(C[C@H]1CN(C2CCCC2)Cc2ccnn21)NCC1CCOCC1. The molecule has 138 valence electrons. The van der Waals surface area contributed by atoms with Crippen LogP contribution in [-0.4, -0.2) is 52.9 Å². The van der Waals surface area contributed by atoms with Crippen molar-refractivity contribution >= 4 is 5.91 Å². The lowest BCUT2D eigenvalue weighted by Crippen LogP contribution is -2.44. The number of ether oxygens (including phenoxy) is 1. The molecule has 0 spiro atoms. The second-order valence-corrected chi connectivity index (χ2v) is 7.85. The minimum atomic E-state index is 0.159. The van der Waals surface area contributed by atoms with Gasteiger partial charge in [-0.15, -0.1) is 0 Å². The van der Waals surface area contributed by atoms with E-state index < -0.39 is 0 Å². The van der Waals surface area contributed by atoms with E-state index in [0.717, 1.165) is 45.7 Å². The molecule has 2 fully saturated rings. The van der Waals surface area contributed by atoms with Crippen molar-refractivity contribution in [2.24, 2.45) is 5.92 Å². The lowest BCUT2D eigenvalue weighted by atomic mass is 10.0. The molecule has 0 radical (unpaired) electrons. The fourth-order valence-electron chi connectivity index (χ4n) is 4.61. The lowest BCUT2D eigenvalue weighted by Gasteiger charge is -2.37. The third kappa shape index (κ3) is 4.06. The minimum absolute atomic E-state index is 0.159. The van der Waals surface area contributed by atoms with Crippen LogP contribution in [0.3, 0.4) is 0 Å². The molecule has 0 unspecified atom stereocenters. The van der Waals surface area contributed by atoms with Gasteiger partial charge in [-0.05, 0) is 37.7 Å². The summed E-state index contributed by atoms with van der Waals surface area (Å²) in [5.41, 5.74) is 1.25. The van der Waals surface area contributed by atoms with Gasteiger partial charge in [0.2, 0.25) is 5.91 Å². The van der Waals surface area contributed by atoms with Gasteiger partial charge in [0.15, 0.2) is 0 Å². The zero-order valence-electron chi connectivity index (χ0n) is 15.0. The maximum Gasteiger partial charge on any atom is 0.222 e. The van der Waals surface area contributed by atoms with Gasteiger partial charge in [0, 0.05) is 45.1 Å². The van der Waals surface area contributed by atoms with Crippen molar-refractivity contribution in [3.8, 4) is 0 Å². The molecule has 6 nitrogen and oxygen atoms in total. The normalized spacial score (nSPS) is 25.8. The van der Waals surface area contributed by atoms with Crippen LogP contribution in [0.15, 0.2) is 12.3 Å². The third-order valence-electron chi connectivity index (χ3n) is 6.10. The third-order valence-corrected chi connectivity index (χ3v) is 6.10. The second kappa shape index (κ2) is 7.87. The summed E-state index contributed by atoms with van der Waals surface area (Å²) in [6.07, 6.45) is 9.81. The molecule has 0 bridgehead atoms. The maximum absolute atomic E-state index is 12.5. The summed E-state index contributed by atoms with van der Waals surface area (Å²) < 4.78 is 7.47. The number of amides is 1. The number of aromatic nitrogens is 2. The van der Waals surface area contributed by atoms with E-state index in [-0.39, 0.29) is 11.9 Å². The van der Waals surface area contributed by atoms with Crippen molar-refractivity contribution in [1.82, 2.24) is 20.0 Å². The summed E-state index contributed by atoms with van der Waals surface area (Å²) >= 11 is 0. The molecule has 1 aliphatic carbocycles. The Balaban J connectivity index is 1.34. The highest BCUT2D eigenvalue weighted by Gasteiger charge is 2.32. The predicted molar refractivity (Wildman–Crippen MR) is 95.1 cm³/mol. The van der Waals surface area contributed by atoms with Gasteiger partial charge in [-0.3, -0.25) is 14.4 Å². The molecular weight excluding hydrogens is 316 g/mol. The van der Waals surface area contributed by atoms with Crippen LogP contribution in [0.2, 0.25) is 0 Å². The number of rotatable bonds is 5. The smallest absolute Gasteiger partial charge is 0.222 e. The predicted octanol–water partition coefficient (Wildman–Crippen LogP) is 2.12. The molecular formula is C19H30N4O2. The first-order chi connectivity index (χ1) is 12.3.